The lowest BCUT2D eigenvalue weighted by Crippen LogP contribution is -2.44. The average Bonchev–Trinajstić information content (AvgIpc) is 3.54. The lowest BCUT2D eigenvalue weighted by Gasteiger charge is -2.34. The Labute approximate surface area is 173 Å². The number of carbonyl (C=O) groups is 1. The van der Waals surface area contributed by atoms with Crippen molar-refractivity contribution in [3.05, 3.63) is 18.5 Å². The number of rotatable bonds is 6. The van der Waals surface area contributed by atoms with Gasteiger partial charge in [0.25, 0.3) is 0 Å². The summed E-state index contributed by atoms with van der Waals surface area (Å²) >= 11 is 0. The Bertz CT molecular complexity index is 752. The smallest absolute Gasteiger partial charge is 0.391 e. The first kappa shape index (κ1) is 21.2. The second-order valence-corrected chi connectivity index (χ2v) is 8.65. The van der Waals surface area contributed by atoms with Gasteiger partial charge in [0.05, 0.1) is 49.2 Å². The molecule has 1 aromatic rings. The summed E-state index contributed by atoms with van der Waals surface area (Å²) in [6.45, 7) is 2.22. The number of aromatic nitrogens is 1. The highest BCUT2D eigenvalue weighted by Crippen LogP contribution is 2.44. The van der Waals surface area contributed by atoms with E-state index in [1.807, 2.05) is 6.07 Å². The van der Waals surface area contributed by atoms with E-state index in [-0.39, 0.29) is 36.7 Å². The molecule has 3 atom stereocenters. The maximum Gasteiger partial charge on any atom is 0.391 e. The van der Waals surface area contributed by atoms with E-state index in [1.165, 1.54) is 0 Å². The molecule has 0 unspecified atom stereocenters. The van der Waals surface area contributed by atoms with Crippen LogP contribution >= 0.6 is 0 Å². The van der Waals surface area contributed by atoms with Crippen molar-refractivity contribution in [1.29, 1.82) is 0 Å². The minimum absolute atomic E-state index is 0.0597. The summed E-state index contributed by atoms with van der Waals surface area (Å²) in [6.07, 6.45) is 1.20. The third kappa shape index (κ3) is 4.99. The predicted octanol–water partition coefficient (Wildman–Crippen LogP) is 3.76. The number of carboxylic acid groups (broad SMARTS) is 1. The van der Waals surface area contributed by atoms with Gasteiger partial charge in [0.15, 0.2) is 0 Å². The highest BCUT2D eigenvalue weighted by molar-refractivity contribution is 5.73. The Hall–Kier alpha value is -2.03. The first-order valence-electron chi connectivity index (χ1n) is 10.5. The zero-order valence-corrected chi connectivity index (χ0v) is 16.7. The second kappa shape index (κ2) is 8.61. The van der Waals surface area contributed by atoms with E-state index >= 15 is 0 Å². The topological polar surface area (TPSA) is 71.9 Å². The zero-order valence-electron chi connectivity index (χ0n) is 16.7. The quantitative estimate of drug-likeness (QED) is 0.744. The normalized spacial score (nSPS) is 32.0. The largest absolute Gasteiger partial charge is 0.492 e. The van der Waals surface area contributed by atoms with Gasteiger partial charge in [-0.25, -0.2) is 0 Å². The van der Waals surface area contributed by atoms with Crippen LogP contribution in [-0.4, -0.2) is 54.6 Å². The number of hydrogen-bond donors (Lipinski definition) is 1. The maximum atomic E-state index is 12.8. The summed E-state index contributed by atoms with van der Waals surface area (Å²) in [5.41, 5.74) is 0.883. The first-order chi connectivity index (χ1) is 14.3. The predicted molar refractivity (Wildman–Crippen MR) is 102 cm³/mol. The van der Waals surface area contributed by atoms with Crippen molar-refractivity contribution in [2.24, 2.45) is 23.7 Å². The molecule has 4 rings (SSSR count). The van der Waals surface area contributed by atoms with Gasteiger partial charge in [-0.2, -0.15) is 13.2 Å². The first-order valence-corrected chi connectivity index (χ1v) is 10.5. The van der Waals surface area contributed by atoms with E-state index in [4.69, 9.17) is 14.6 Å². The molecule has 3 fully saturated rings. The minimum atomic E-state index is -4.09. The molecule has 1 N–H and O–H groups in total. The van der Waals surface area contributed by atoms with Gasteiger partial charge in [0.1, 0.15) is 5.75 Å². The molecule has 0 radical (unpaired) electrons. The molecule has 30 heavy (non-hydrogen) atoms. The summed E-state index contributed by atoms with van der Waals surface area (Å²) in [7, 11) is 0. The standard InChI is InChI=1S/C21H27F3N2O4/c22-21(23,24)14-3-1-13(2-4-14)12-30-16-7-15(9-25-10-16)26-5-6-29-19(11-26)17-8-18(17)20(27)28/h7,9-10,13-14,17-19H,1-6,8,11-12H2,(H,27,28)/t13-,14-,17-,18-,19+/m0/s1. The van der Waals surface area contributed by atoms with Crippen LogP contribution in [0.1, 0.15) is 32.1 Å². The van der Waals surface area contributed by atoms with Crippen molar-refractivity contribution in [2.75, 3.05) is 31.2 Å². The Morgan fingerprint density at radius 3 is 2.70 bits per heavy atom. The van der Waals surface area contributed by atoms with Crippen molar-refractivity contribution in [1.82, 2.24) is 4.98 Å². The van der Waals surface area contributed by atoms with Crippen LogP contribution in [-0.2, 0) is 9.53 Å². The summed E-state index contributed by atoms with van der Waals surface area (Å²) in [5.74, 6) is -1.46. The summed E-state index contributed by atoms with van der Waals surface area (Å²) in [5, 5.41) is 9.14. The molecule has 2 saturated carbocycles. The van der Waals surface area contributed by atoms with Gasteiger partial charge < -0.3 is 19.5 Å². The molecule has 0 aromatic carbocycles. The van der Waals surface area contributed by atoms with Gasteiger partial charge in [-0.15, -0.1) is 0 Å². The van der Waals surface area contributed by atoms with Crippen molar-refractivity contribution >= 4 is 11.7 Å². The van der Waals surface area contributed by atoms with Gasteiger partial charge in [-0.3, -0.25) is 9.78 Å². The Kier molecular flexibility index (Phi) is 6.09. The van der Waals surface area contributed by atoms with Crippen molar-refractivity contribution in [3.8, 4) is 5.75 Å². The van der Waals surface area contributed by atoms with Crippen LogP contribution in [0.5, 0.6) is 5.75 Å². The molecule has 0 amide bonds. The number of hydrogen-bond acceptors (Lipinski definition) is 5. The van der Waals surface area contributed by atoms with Gasteiger partial charge in [-0.1, -0.05) is 0 Å². The molecule has 0 spiro atoms. The van der Waals surface area contributed by atoms with Gasteiger partial charge >= 0.3 is 12.1 Å². The van der Waals surface area contributed by atoms with E-state index in [0.717, 1.165) is 5.69 Å². The molecule has 0 bridgehead atoms. The molecule has 1 saturated heterocycles. The van der Waals surface area contributed by atoms with Crippen LogP contribution in [0.4, 0.5) is 18.9 Å². The Morgan fingerprint density at radius 1 is 1.27 bits per heavy atom. The van der Waals surface area contributed by atoms with E-state index in [9.17, 15) is 18.0 Å². The maximum absolute atomic E-state index is 12.8. The van der Waals surface area contributed by atoms with Crippen LogP contribution in [0, 0.1) is 23.7 Å². The van der Waals surface area contributed by atoms with Crippen LogP contribution in [0.25, 0.3) is 0 Å². The molecule has 1 aromatic heterocycles. The third-order valence-corrected chi connectivity index (χ3v) is 6.59. The number of carboxylic acids is 1. The number of nitrogens with zero attached hydrogens (tertiary/aromatic N) is 2. The van der Waals surface area contributed by atoms with Crippen LogP contribution in [0.2, 0.25) is 0 Å². The zero-order chi connectivity index (χ0) is 21.3. The second-order valence-electron chi connectivity index (χ2n) is 8.65. The molecular formula is C21H27F3N2O4. The highest BCUT2D eigenvalue weighted by atomic mass is 19.4. The highest BCUT2D eigenvalue weighted by Gasteiger charge is 2.49. The molecular weight excluding hydrogens is 401 g/mol. The van der Waals surface area contributed by atoms with E-state index < -0.39 is 18.1 Å². The van der Waals surface area contributed by atoms with E-state index in [2.05, 4.69) is 9.88 Å². The summed E-state index contributed by atoms with van der Waals surface area (Å²) in [6, 6.07) is 1.89. The van der Waals surface area contributed by atoms with Crippen molar-refractivity contribution < 1.29 is 32.5 Å². The Morgan fingerprint density at radius 2 is 2.03 bits per heavy atom. The fourth-order valence-corrected chi connectivity index (χ4v) is 4.61. The number of ether oxygens (including phenoxy) is 2. The van der Waals surface area contributed by atoms with Gasteiger partial charge in [-0.05, 0) is 38.0 Å². The fraction of sp³-hybridized carbons (Fsp3) is 0.714. The SMILES string of the molecule is O=C(O)[C@H]1C[C@@H]1[C@H]1CN(c2cncc(OC[C@H]3CC[C@H](C(F)(F)F)CC3)c2)CCO1. The monoisotopic (exact) mass is 428 g/mol. The number of halogens is 3. The molecule has 6 nitrogen and oxygen atoms in total. The molecule has 2 heterocycles. The third-order valence-electron chi connectivity index (χ3n) is 6.59. The van der Waals surface area contributed by atoms with Crippen molar-refractivity contribution in [3.63, 3.8) is 0 Å². The van der Waals surface area contributed by atoms with E-state index in [0.29, 0.717) is 51.3 Å². The minimum Gasteiger partial charge on any atom is -0.492 e. The summed E-state index contributed by atoms with van der Waals surface area (Å²) in [4.78, 5) is 17.5. The van der Waals surface area contributed by atoms with Crippen LogP contribution in [0.15, 0.2) is 18.5 Å². The lowest BCUT2D eigenvalue weighted by atomic mass is 9.82. The fourth-order valence-electron chi connectivity index (χ4n) is 4.61. The molecule has 9 heteroatoms. The molecule has 1 aliphatic heterocycles. The molecule has 3 aliphatic rings. The van der Waals surface area contributed by atoms with Gasteiger partial charge in [0.2, 0.25) is 0 Å². The van der Waals surface area contributed by atoms with Crippen LogP contribution < -0.4 is 9.64 Å². The number of alkyl halides is 3. The van der Waals surface area contributed by atoms with Gasteiger partial charge in [0, 0.05) is 25.1 Å². The lowest BCUT2D eigenvalue weighted by molar-refractivity contribution is -0.184. The number of anilines is 1. The van der Waals surface area contributed by atoms with E-state index in [1.54, 1.807) is 12.4 Å². The number of aliphatic carboxylic acids is 1. The average molecular weight is 428 g/mol. The molecule has 2 aliphatic carbocycles. The number of pyridine rings is 1. The summed E-state index contributed by atoms with van der Waals surface area (Å²) < 4.78 is 50.0. The van der Waals surface area contributed by atoms with Crippen LogP contribution in [0.3, 0.4) is 0 Å². The number of morpholine rings is 1. The molecule has 166 valence electrons. The van der Waals surface area contributed by atoms with Crippen molar-refractivity contribution in [2.45, 2.75) is 44.4 Å². The Balaban J connectivity index is 1.28.